The first kappa shape index (κ1) is 10.4. The number of hydrogen-bond donors (Lipinski definition) is 0. The third-order valence-corrected chi connectivity index (χ3v) is 1.84. The summed E-state index contributed by atoms with van der Waals surface area (Å²) < 4.78 is 0. The summed E-state index contributed by atoms with van der Waals surface area (Å²) in [5.74, 6) is 0. The molecular weight excluding hydrogens is 172 g/mol. The van der Waals surface area contributed by atoms with E-state index in [9.17, 15) is 0 Å². The molecule has 1 rings (SSSR count). The average Bonchev–Trinajstić information content (AvgIpc) is 2.15. The molecular formula is C12H14N2. The van der Waals surface area contributed by atoms with E-state index in [4.69, 9.17) is 0 Å². The molecule has 0 aromatic rings. The van der Waals surface area contributed by atoms with Gasteiger partial charge in [0.25, 0.3) is 0 Å². The van der Waals surface area contributed by atoms with Gasteiger partial charge in [0, 0.05) is 18.8 Å². The van der Waals surface area contributed by atoms with Crippen molar-refractivity contribution in [1.82, 2.24) is 0 Å². The highest BCUT2D eigenvalue weighted by atomic mass is 14.7. The summed E-state index contributed by atoms with van der Waals surface area (Å²) in [6.07, 6.45) is 11.7. The Hall–Kier alpha value is -1.70. The van der Waals surface area contributed by atoms with Crippen molar-refractivity contribution >= 4 is 12.9 Å². The minimum Gasteiger partial charge on any atom is -0.296 e. The van der Waals surface area contributed by atoms with Crippen molar-refractivity contribution in [3.63, 3.8) is 0 Å². The zero-order valence-electron chi connectivity index (χ0n) is 8.57. The molecule has 0 saturated heterocycles. The summed E-state index contributed by atoms with van der Waals surface area (Å²) in [6, 6.07) is 0. The summed E-state index contributed by atoms with van der Waals surface area (Å²) in [5.41, 5.74) is 3.00. The van der Waals surface area contributed by atoms with Crippen LogP contribution in [0.15, 0.2) is 57.2 Å². The molecule has 0 heterocycles. The highest BCUT2D eigenvalue weighted by molar-refractivity contribution is 5.85. The van der Waals surface area contributed by atoms with Gasteiger partial charge in [-0.15, -0.1) is 0 Å². The maximum Gasteiger partial charge on any atom is 0.0710 e. The van der Waals surface area contributed by atoms with E-state index < -0.39 is 0 Å². The van der Waals surface area contributed by atoms with Gasteiger partial charge >= 0.3 is 0 Å². The number of nitrogens with zero attached hydrogens (tertiary/aromatic N) is 2. The Morgan fingerprint density at radius 1 is 1.29 bits per heavy atom. The lowest BCUT2D eigenvalue weighted by molar-refractivity contribution is 1.36. The fourth-order valence-corrected chi connectivity index (χ4v) is 1.20. The van der Waals surface area contributed by atoms with E-state index in [-0.39, 0.29) is 0 Å². The summed E-state index contributed by atoms with van der Waals surface area (Å²) in [6.45, 7) is 5.58. The molecule has 0 aliphatic heterocycles. The average molecular weight is 186 g/mol. The molecule has 0 amide bonds. The first-order chi connectivity index (χ1) is 6.77. The molecule has 0 unspecified atom stereocenters. The van der Waals surface area contributed by atoms with Crippen molar-refractivity contribution in [3.05, 3.63) is 47.2 Å². The van der Waals surface area contributed by atoms with E-state index in [1.54, 1.807) is 13.3 Å². The molecule has 2 heteroatoms. The van der Waals surface area contributed by atoms with E-state index in [0.717, 1.165) is 11.3 Å². The van der Waals surface area contributed by atoms with Gasteiger partial charge < -0.3 is 0 Å². The monoisotopic (exact) mass is 186 g/mol. The Kier molecular flexibility index (Phi) is 3.80. The molecule has 1 aliphatic carbocycles. The molecule has 72 valence electrons. The zero-order valence-corrected chi connectivity index (χ0v) is 8.57. The van der Waals surface area contributed by atoms with Crippen LogP contribution < -0.4 is 0 Å². The van der Waals surface area contributed by atoms with Crippen molar-refractivity contribution in [2.24, 2.45) is 9.98 Å². The fourth-order valence-electron chi connectivity index (χ4n) is 1.20. The SMILES string of the molecule is C=NC1=C(\C=N/C)/C=C(C)/C=C/C=C\1. The first-order valence-electron chi connectivity index (χ1n) is 4.44. The summed E-state index contributed by atoms with van der Waals surface area (Å²) in [7, 11) is 1.75. The minimum absolute atomic E-state index is 0.847. The molecule has 0 aromatic carbocycles. The van der Waals surface area contributed by atoms with Gasteiger partial charge in [-0.05, 0) is 25.8 Å². The number of rotatable bonds is 2. The van der Waals surface area contributed by atoms with Gasteiger partial charge in [0.15, 0.2) is 0 Å². The molecule has 0 bridgehead atoms. The Bertz CT molecular complexity index is 366. The van der Waals surface area contributed by atoms with Gasteiger partial charge in [-0.3, -0.25) is 9.98 Å². The Balaban J connectivity index is 3.22. The normalized spacial score (nSPS) is 30.3. The van der Waals surface area contributed by atoms with Crippen LogP contribution in [0.1, 0.15) is 6.92 Å². The standard InChI is InChI=1S/C12H14N2/c1-10-6-4-5-7-12(14-3)11(8-10)9-13-2/h4-9H,3H2,1-2H3/b5-4?,6-4+,7-5-,10-6?,10-8+,11-8?,12-7?,12-11-,13-9-. The second kappa shape index (κ2) is 5.12. The summed E-state index contributed by atoms with van der Waals surface area (Å²) in [5, 5.41) is 0. The Morgan fingerprint density at radius 2 is 2.00 bits per heavy atom. The van der Waals surface area contributed by atoms with Crippen molar-refractivity contribution in [2.75, 3.05) is 7.05 Å². The first-order valence-corrected chi connectivity index (χ1v) is 4.44. The van der Waals surface area contributed by atoms with E-state index >= 15 is 0 Å². The van der Waals surface area contributed by atoms with Gasteiger partial charge in [-0.25, -0.2) is 0 Å². The molecule has 14 heavy (non-hydrogen) atoms. The second-order valence-electron chi connectivity index (χ2n) is 2.99. The predicted octanol–water partition coefficient (Wildman–Crippen LogP) is 2.71. The smallest absolute Gasteiger partial charge is 0.0710 e. The highest BCUT2D eigenvalue weighted by Gasteiger charge is 1.98. The fraction of sp³-hybridized carbons (Fsp3) is 0.167. The molecule has 0 spiro atoms. The molecule has 2 nitrogen and oxygen atoms in total. The van der Waals surface area contributed by atoms with Gasteiger partial charge in [0.2, 0.25) is 0 Å². The predicted molar refractivity (Wildman–Crippen MR) is 63.0 cm³/mol. The molecule has 0 saturated carbocycles. The lowest BCUT2D eigenvalue weighted by Gasteiger charge is -2.02. The van der Waals surface area contributed by atoms with E-state index in [0.29, 0.717) is 0 Å². The van der Waals surface area contributed by atoms with Crippen LogP contribution in [0.25, 0.3) is 0 Å². The van der Waals surface area contributed by atoms with Crippen LogP contribution in [-0.2, 0) is 0 Å². The quantitative estimate of drug-likeness (QED) is 0.592. The Morgan fingerprint density at radius 3 is 2.64 bits per heavy atom. The molecule has 0 aromatic heterocycles. The van der Waals surface area contributed by atoms with Crippen LogP contribution >= 0.6 is 0 Å². The summed E-state index contributed by atoms with van der Waals surface area (Å²) >= 11 is 0. The number of allylic oxidation sites excluding steroid dienone is 7. The van der Waals surface area contributed by atoms with Crippen molar-refractivity contribution < 1.29 is 0 Å². The molecule has 0 N–H and O–H groups in total. The van der Waals surface area contributed by atoms with Crippen LogP contribution in [0, 0.1) is 0 Å². The van der Waals surface area contributed by atoms with E-state index in [2.05, 4.69) is 16.7 Å². The topological polar surface area (TPSA) is 24.7 Å². The van der Waals surface area contributed by atoms with Crippen LogP contribution in [-0.4, -0.2) is 20.0 Å². The lowest BCUT2D eigenvalue weighted by atomic mass is 10.1. The van der Waals surface area contributed by atoms with E-state index in [1.165, 1.54) is 5.57 Å². The molecule has 0 atom stereocenters. The summed E-state index contributed by atoms with van der Waals surface area (Å²) in [4.78, 5) is 7.95. The molecule has 0 fully saturated rings. The van der Waals surface area contributed by atoms with Gasteiger partial charge in [0.05, 0.1) is 5.70 Å². The van der Waals surface area contributed by atoms with Crippen molar-refractivity contribution in [1.29, 1.82) is 0 Å². The van der Waals surface area contributed by atoms with Crippen molar-refractivity contribution in [3.8, 4) is 0 Å². The third kappa shape index (κ3) is 2.66. The molecule has 0 radical (unpaired) electrons. The Labute approximate surface area is 84.8 Å². The van der Waals surface area contributed by atoms with Crippen LogP contribution in [0.5, 0.6) is 0 Å². The minimum atomic E-state index is 0.847. The second-order valence-corrected chi connectivity index (χ2v) is 2.99. The van der Waals surface area contributed by atoms with Crippen LogP contribution in [0.4, 0.5) is 0 Å². The lowest BCUT2D eigenvalue weighted by Crippen LogP contribution is -1.89. The maximum absolute atomic E-state index is 3.99. The molecule has 1 aliphatic rings. The van der Waals surface area contributed by atoms with Gasteiger partial charge in [0.1, 0.15) is 0 Å². The van der Waals surface area contributed by atoms with Gasteiger partial charge in [-0.1, -0.05) is 23.8 Å². The zero-order chi connectivity index (χ0) is 10.4. The van der Waals surface area contributed by atoms with E-state index in [1.807, 2.05) is 37.3 Å². The maximum atomic E-state index is 3.99. The van der Waals surface area contributed by atoms with Crippen LogP contribution in [0.2, 0.25) is 0 Å². The number of aliphatic imine (C=N–C) groups is 2. The third-order valence-electron chi connectivity index (χ3n) is 1.84. The highest BCUT2D eigenvalue weighted by Crippen LogP contribution is 2.13. The van der Waals surface area contributed by atoms with Gasteiger partial charge in [-0.2, -0.15) is 0 Å². The number of hydrogen-bond acceptors (Lipinski definition) is 2. The largest absolute Gasteiger partial charge is 0.296 e. The van der Waals surface area contributed by atoms with Crippen LogP contribution in [0.3, 0.4) is 0 Å². The van der Waals surface area contributed by atoms with Crippen molar-refractivity contribution in [2.45, 2.75) is 6.92 Å².